The molecule has 0 unspecified atom stereocenters. The summed E-state index contributed by atoms with van der Waals surface area (Å²) in [6, 6.07) is 0. The summed E-state index contributed by atoms with van der Waals surface area (Å²) >= 11 is 0. The molecule has 0 heterocycles. The zero-order valence-electron chi connectivity index (χ0n) is 11.5. The fraction of sp³-hybridized carbons (Fsp3) is 0.357. The van der Waals surface area contributed by atoms with Crippen molar-refractivity contribution in [2.45, 2.75) is 20.3 Å². The van der Waals surface area contributed by atoms with Gasteiger partial charge in [-0.05, 0) is 13.8 Å². The van der Waals surface area contributed by atoms with Crippen molar-refractivity contribution in [3.63, 3.8) is 0 Å². The van der Waals surface area contributed by atoms with Crippen molar-refractivity contribution in [2.75, 3.05) is 13.2 Å². The van der Waals surface area contributed by atoms with Crippen LogP contribution >= 0.6 is 0 Å². The van der Waals surface area contributed by atoms with Crippen molar-refractivity contribution in [1.29, 1.82) is 0 Å². The minimum atomic E-state index is -1.19. The summed E-state index contributed by atoms with van der Waals surface area (Å²) in [5.41, 5.74) is 0.172. The minimum absolute atomic E-state index is 0.0768. The predicted octanol–water partition coefficient (Wildman–Crippen LogP) is 1.63. The number of carboxylic acid groups (broad SMARTS) is 1. The molecule has 0 aromatic rings. The molecule has 0 aliphatic rings. The van der Waals surface area contributed by atoms with Crippen LogP contribution in [0.3, 0.4) is 0 Å². The Morgan fingerprint density at radius 2 is 1.80 bits per heavy atom. The average Bonchev–Trinajstić information content (AvgIpc) is 2.38. The number of ether oxygens (including phenoxy) is 2. The number of allylic oxidation sites excluding steroid dienone is 3. The van der Waals surface area contributed by atoms with Crippen LogP contribution in [0.2, 0.25) is 0 Å². The van der Waals surface area contributed by atoms with Gasteiger partial charge in [0.1, 0.15) is 13.2 Å². The third-order valence-electron chi connectivity index (χ3n) is 2.03. The van der Waals surface area contributed by atoms with E-state index in [4.69, 9.17) is 14.6 Å². The fourth-order valence-corrected chi connectivity index (χ4v) is 1.04. The number of hydrogen-bond donors (Lipinski definition) is 1. The van der Waals surface area contributed by atoms with E-state index in [1.54, 1.807) is 13.0 Å². The number of aliphatic carboxylic acids is 1. The lowest BCUT2D eigenvalue weighted by Crippen LogP contribution is -2.15. The molecule has 0 atom stereocenters. The zero-order valence-corrected chi connectivity index (χ0v) is 11.5. The molecule has 6 heteroatoms. The third kappa shape index (κ3) is 7.86. The summed E-state index contributed by atoms with van der Waals surface area (Å²) < 4.78 is 9.47. The van der Waals surface area contributed by atoms with Gasteiger partial charge in [0.05, 0.1) is 6.42 Å². The molecule has 0 spiro atoms. The Balaban J connectivity index is 4.13. The Bertz CT molecular complexity index is 445. The molecule has 0 aliphatic carbocycles. The lowest BCUT2D eigenvalue weighted by Gasteiger charge is -2.06. The molecule has 0 aliphatic heterocycles. The second-order valence-corrected chi connectivity index (χ2v) is 3.84. The number of rotatable bonds is 8. The Hall–Kier alpha value is -2.37. The first-order valence-corrected chi connectivity index (χ1v) is 5.91. The highest BCUT2D eigenvalue weighted by atomic mass is 16.6. The molecule has 0 fully saturated rings. The lowest BCUT2D eigenvalue weighted by atomic mass is 10.2. The highest BCUT2D eigenvalue weighted by Gasteiger charge is 2.13. The fourth-order valence-electron chi connectivity index (χ4n) is 1.04. The standard InChI is InChI=1S/C14H18O6/c1-4-5-6-11(13(16)17)9-12(15)19-7-8-20-14(18)10(2)3/h4-6H,2,7-9H2,1,3H3,(H,16,17)/b5-4-,11-6+. The van der Waals surface area contributed by atoms with Crippen LogP contribution in [0, 0.1) is 0 Å². The Labute approximate surface area is 117 Å². The lowest BCUT2D eigenvalue weighted by molar-refractivity contribution is -0.150. The summed E-state index contributed by atoms with van der Waals surface area (Å²) in [7, 11) is 0. The van der Waals surface area contributed by atoms with Gasteiger partial charge in [0, 0.05) is 11.1 Å². The van der Waals surface area contributed by atoms with Crippen molar-refractivity contribution >= 4 is 17.9 Å². The number of carbonyl (C=O) groups is 3. The summed E-state index contributed by atoms with van der Waals surface area (Å²) in [6.07, 6.45) is 4.13. The minimum Gasteiger partial charge on any atom is -0.478 e. The maximum atomic E-state index is 11.4. The first kappa shape index (κ1) is 17.6. The summed E-state index contributed by atoms with van der Waals surface area (Å²) in [5, 5.41) is 8.87. The molecule has 0 rings (SSSR count). The highest BCUT2D eigenvalue weighted by molar-refractivity contribution is 5.92. The van der Waals surface area contributed by atoms with Gasteiger partial charge in [0.25, 0.3) is 0 Å². The van der Waals surface area contributed by atoms with Crippen molar-refractivity contribution in [2.24, 2.45) is 0 Å². The van der Waals surface area contributed by atoms with Gasteiger partial charge in [0.15, 0.2) is 0 Å². The van der Waals surface area contributed by atoms with E-state index >= 15 is 0 Å². The van der Waals surface area contributed by atoms with Crippen LogP contribution < -0.4 is 0 Å². The molecule has 1 N–H and O–H groups in total. The van der Waals surface area contributed by atoms with Crippen LogP contribution in [0.25, 0.3) is 0 Å². The second kappa shape index (κ2) is 9.55. The Morgan fingerprint density at radius 1 is 1.20 bits per heavy atom. The Morgan fingerprint density at radius 3 is 2.30 bits per heavy atom. The summed E-state index contributed by atoms with van der Waals surface area (Å²) in [5.74, 6) is -2.46. The second-order valence-electron chi connectivity index (χ2n) is 3.84. The number of hydrogen-bond acceptors (Lipinski definition) is 5. The van der Waals surface area contributed by atoms with Crippen LogP contribution in [0.15, 0.2) is 36.0 Å². The maximum absolute atomic E-state index is 11.4. The van der Waals surface area contributed by atoms with E-state index in [1.165, 1.54) is 19.1 Å². The summed E-state index contributed by atoms with van der Waals surface area (Å²) in [6.45, 7) is 6.39. The molecule has 0 saturated carbocycles. The first-order valence-electron chi connectivity index (χ1n) is 5.91. The van der Waals surface area contributed by atoms with Crippen molar-refractivity contribution in [3.8, 4) is 0 Å². The Kier molecular flexibility index (Phi) is 8.41. The average molecular weight is 282 g/mol. The SMILES string of the molecule is C=C(C)C(=O)OCCOC(=O)C/C(=C\C=C/C)C(=O)O. The van der Waals surface area contributed by atoms with Crippen LogP contribution in [-0.4, -0.2) is 36.2 Å². The topological polar surface area (TPSA) is 89.9 Å². The first-order chi connectivity index (χ1) is 9.38. The van der Waals surface area contributed by atoms with Crippen LogP contribution in [0.4, 0.5) is 0 Å². The molecule has 0 aromatic heterocycles. The highest BCUT2D eigenvalue weighted by Crippen LogP contribution is 2.04. The van der Waals surface area contributed by atoms with Gasteiger partial charge in [-0.3, -0.25) is 4.79 Å². The van der Waals surface area contributed by atoms with Crippen molar-refractivity contribution in [1.82, 2.24) is 0 Å². The van der Waals surface area contributed by atoms with Gasteiger partial charge < -0.3 is 14.6 Å². The normalized spacial score (nSPS) is 11.2. The van der Waals surface area contributed by atoms with E-state index in [1.807, 2.05) is 0 Å². The van der Waals surface area contributed by atoms with E-state index in [9.17, 15) is 14.4 Å². The molecular formula is C14H18O6. The summed E-state index contributed by atoms with van der Waals surface area (Å²) in [4.78, 5) is 33.3. The van der Waals surface area contributed by atoms with Gasteiger partial charge >= 0.3 is 17.9 Å². The number of carboxylic acids is 1. The predicted molar refractivity (Wildman–Crippen MR) is 71.9 cm³/mol. The smallest absolute Gasteiger partial charge is 0.333 e. The van der Waals surface area contributed by atoms with Crippen LogP contribution in [0.1, 0.15) is 20.3 Å². The number of esters is 2. The molecular weight excluding hydrogens is 264 g/mol. The van der Waals surface area contributed by atoms with Gasteiger partial charge in [0.2, 0.25) is 0 Å². The van der Waals surface area contributed by atoms with Gasteiger partial charge in [-0.1, -0.05) is 24.8 Å². The quantitative estimate of drug-likeness (QED) is 0.315. The third-order valence-corrected chi connectivity index (χ3v) is 2.03. The van der Waals surface area contributed by atoms with Crippen molar-refractivity contribution < 1.29 is 29.0 Å². The number of carbonyl (C=O) groups excluding carboxylic acids is 2. The molecule has 6 nitrogen and oxygen atoms in total. The van der Waals surface area contributed by atoms with E-state index in [0.717, 1.165) is 0 Å². The van der Waals surface area contributed by atoms with Gasteiger partial charge in [-0.25, -0.2) is 9.59 Å². The zero-order chi connectivity index (χ0) is 15.5. The van der Waals surface area contributed by atoms with E-state index in [2.05, 4.69) is 6.58 Å². The van der Waals surface area contributed by atoms with Crippen LogP contribution in [-0.2, 0) is 23.9 Å². The van der Waals surface area contributed by atoms with E-state index < -0.39 is 17.9 Å². The molecule has 0 bridgehead atoms. The molecule has 20 heavy (non-hydrogen) atoms. The van der Waals surface area contributed by atoms with E-state index in [-0.39, 0.29) is 30.8 Å². The van der Waals surface area contributed by atoms with Gasteiger partial charge in [-0.15, -0.1) is 0 Å². The van der Waals surface area contributed by atoms with E-state index in [0.29, 0.717) is 0 Å². The van der Waals surface area contributed by atoms with Crippen molar-refractivity contribution in [3.05, 3.63) is 36.0 Å². The monoisotopic (exact) mass is 282 g/mol. The maximum Gasteiger partial charge on any atom is 0.333 e. The molecule has 110 valence electrons. The molecule has 0 aromatic carbocycles. The van der Waals surface area contributed by atoms with Crippen LogP contribution in [0.5, 0.6) is 0 Å². The largest absolute Gasteiger partial charge is 0.478 e. The molecule has 0 amide bonds. The molecule has 0 radical (unpaired) electrons. The van der Waals surface area contributed by atoms with Gasteiger partial charge in [-0.2, -0.15) is 0 Å². The molecule has 0 saturated heterocycles.